The van der Waals surface area contributed by atoms with Gasteiger partial charge in [-0.3, -0.25) is 14.6 Å². The number of carboxylic acids is 1. The van der Waals surface area contributed by atoms with E-state index in [1.54, 1.807) is 12.1 Å². The van der Waals surface area contributed by atoms with Gasteiger partial charge < -0.3 is 10.4 Å². The number of benzene rings is 1. The van der Waals surface area contributed by atoms with Gasteiger partial charge in [-0.1, -0.05) is 19.3 Å². The smallest absolute Gasteiger partial charge is 0.311 e. The lowest BCUT2D eigenvalue weighted by atomic mass is 9.74. The Labute approximate surface area is 147 Å². The van der Waals surface area contributed by atoms with Crippen LogP contribution in [-0.2, 0) is 4.79 Å². The van der Waals surface area contributed by atoms with Crippen molar-refractivity contribution in [3.63, 3.8) is 0 Å². The second-order valence-electron chi connectivity index (χ2n) is 7.08. The highest BCUT2D eigenvalue weighted by molar-refractivity contribution is 5.95. The van der Waals surface area contributed by atoms with Gasteiger partial charge in [-0.15, -0.1) is 0 Å². The lowest BCUT2D eigenvalue weighted by molar-refractivity contribution is -0.150. The number of hydrogen-bond donors (Lipinski definition) is 2. The summed E-state index contributed by atoms with van der Waals surface area (Å²) in [6, 6.07) is 7.29. The van der Waals surface area contributed by atoms with Crippen molar-refractivity contribution < 1.29 is 14.7 Å². The van der Waals surface area contributed by atoms with Gasteiger partial charge in [0, 0.05) is 30.8 Å². The first kappa shape index (κ1) is 17.5. The summed E-state index contributed by atoms with van der Waals surface area (Å²) >= 11 is 0. The molecule has 1 aromatic rings. The molecular formula is C19H25N3O3. The van der Waals surface area contributed by atoms with E-state index in [4.69, 9.17) is 0 Å². The van der Waals surface area contributed by atoms with E-state index in [2.05, 4.69) is 10.4 Å². The molecule has 0 atom stereocenters. The second-order valence-corrected chi connectivity index (χ2v) is 7.08. The molecule has 0 aromatic heterocycles. The Hall–Kier alpha value is -2.37. The molecule has 0 saturated heterocycles. The van der Waals surface area contributed by atoms with Crippen molar-refractivity contribution in [3.8, 4) is 0 Å². The van der Waals surface area contributed by atoms with Crippen molar-refractivity contribution in [3.05, 3.63) is 29.8 Å². The molecule has 1 heterocycles. The largest absolute Gasteiger partial charge is 0.481 e. The normalized spacial score (nSPS) is 19.4. The third kappa shape index (κ3) is 3.83. The van der Waals surface area contributed by atoms with E-state index in [1.165, 1.54) is 0 Å². The number of rotatable bonds is 5. The molecule has 1 aliphatic carbocycles. The molecule has 134 valence electrons. The first-order valence-electron chi connectivity index (χ1n) is 8.93. The molecule has 0 bridgehead atoms. The maximum Gasteiger partial charge on any atom is 0.311 e. The Kier molecular flexibility index (Phi) is 5.06. The maximum atomic E-state index is 12.4. The van der Waals surface area contributed by atoms with Gasteiger partial charge in [-0.2, -0.15) is 5.10 Å². The van der Waals surface area contributed by atoms with Crippen molar-refractivity contribution in [1.82, 2.24) is 5.32 Å². The molecule has 2 aliphatic rings. The number of amides is 1. The highest BCUT2D eigenvalue weighted by Crippen LogP contribution is 2.36. The van der Waals surface area contributed by atoms with Crippen LogP contribution in [0.5, 0.6) is 0 Å². The van der Waals surface area contributed by atoms with Gasteiger partial charge in [0.25, 0.3) is 5.91 Å². The van der Waals surface area contributed by atoms with Crippen LogP contribution in [0.25, 0.3) is 0 Å². The van der Waals surface area contributed by atoms with Crippen LogP contribution >= 0.6 is 0 Å². The Balaban J connectivity index is 1.62. The number of carbonyl (C=O) groups excluding carboxylic acids is 1. The minimum atomic E-state index is -0.810. The second kappa shape index (κ2) is 7.25. The van der Waals surface area contributed by atoms with Crippen molar-refractivity contribution in [2.45, 2.75) is 45.4 Å². The summed E-state index contributed by atoms with van der Waals surface area (Å²) in [6.45, 7) is 3.06. The minimum absolute atomic E-state index is 0.193. The molecule has 1 fully saturated rings. The van der Waals surface area contributed by atoms with Gasteiger partial charge in [0.1, 0.15) is 0 Å². The van der Waals surface area contributed by atoms with Crippen LogP contribution in [0.15, 0.2) is 29.4 Å². The Morgan fingerprint density at radius 3 is 2.44 bits per heavy atom. The fourth-order valence-electron chi connectivity index (χ4n) is 3.59. The van der Waals surface area contributed by atoms with E-state index in [0.29, 0.717) is 18.4 Å². The summed E-state index contributed by atoms with van der Waals surface area (Å²) in [4.78, 5) is 24.1. The van der Waals surface area contributed by atoms with Crippen molar-refractivity contribution in [1.29, 1.82) is 0 Å². The lowest BCUT2D eigenvalue weighted by Gasteiger charge is -2.33. The Morgan fingerprint density at radius 2 is 1.88 bits per heavy atom. The molecule has 2 N–H and O–H groups in total. The van der Waals surface area contributed by atoms with Gasteiger partial charge in [0.2, 0.25) is 0 Å². The fraction of sp³-hybridized carbons (Fsp3) is 0.526. The van der Waals surface area contributed by atoms with Gasteiger partial charge >= 0.3 is 5.97 Å². The molecule has 0 radical (unpaired) electrons. The number of anilines is 1. The third-order valence-electron chi connectivity index (χ3n) is 5.26. The van der Waals surface area contributed by atoms with Crippen molar-refractivity contribution in [2.24, 2.45) is 10.5 Å². The van der Waals surface area contributed by atoms with Crippen molar-refractivity contribution in [2.75, 3.05) is 18.1 Å². The van der Waals surface area contributed by atoms with Gasteiger partial charge in [-0.25, -0.2) is 0 Å². The van der Waals surface area contributed by atoms with E-state index >= 15 is 0 Å². The molecule has 3 rings (SSSR count). The lowest BCUT2D eigenvalue weighted by Crippen LogP contribution is -2.44. The quantitative estimate of drug-likeness (QED) is 0.861. The molecule has 1 saturated carbocycles. The standard InChI is InChI=1S/C19H25N3O3/c1-14-9-12-22(21-14)16-7-5-15(6-8-16)17(23)20-13-19(18(24)25)10-3-2-4-11-19/h5-8H,2-4,9-13H2,1H3,(H,20,23)(H,24,25). The van der Waals surface area contributed by atoms with Crippen molar-refractivity contribution >= 4 is 23.3 Å². The monoisotopic (exact) mass is 343 g/mol. The Bertz CT molecular complexity index is 676. The van der Waals surface area contributed by atoms with Gasteiger partial charge in [0.15, 0.2) is 0 Å². The zero-order valence-electron chi connectivity index (χ0n) is 14.6. The summed E-state index contributed by atoms with van der Waals surface area (Å²) in [5.74, 6) is -1.02. The van der Waals surface area contributed by atoms with Crippen LogP contribution in [0.4, 0.5) is 5.69 Å². The number of nitrogens with one attached hydrogen (secondary N) is 1. The number of hydrogen-bond acceptors (Lipinski definition) is 4. The van der Waals surface area contributed by atoms with Crippen LogP contribution < -0.4 is 10.3 Å². The molecular weight excluding hydrogens is 318 g/mol. The van der Waals surface area contributed by atoms with E-state index in [-0.39, 0.29) is 12.5 Å². The van der Waals surface area contributed by atoms with E-state index in [1.807, 2.05) is 24.1 Å². The van der Waals surface area contributed by atoms with Gasteiger partial charge in [-0.05, 0) is 44.0 Å². The molecule has 6 nitrogen and oxygen atoms in total. The topological polar surface area (TPSA) is 82.0 Å². The number of carboxylic acid groups (broad SMARTS) is 1. The van der Waals surface area contributed by atoms with E-state index < -0.39 is 11.4 Å². The third-order valence-corrected chi connectivity index (χ3v) is 5.26. The van der Waals surface area contributed by atoms with E-state index in [9.17, 15) is 14.7 Å². The zero-order valence-corrected chi connectivity index (χ0v) is 14.6. The van der Waals surface area contributed by atoms with E-state index in [0.717, 1.165) is 43.6 Å². The SMILES string of the molecule is CC1=NN(c2ccc(C(=O)NCC3(C(=O)O)CCCCC3)cc2)CC1. The van der Waals surface area contributed by atoms with Gasteiger partial charge in [0.05, 0.1) is 11.1 Å². The molecule has 1 amide bonds. The van der Waals surface area contributed by atoms with Crippen LogP contribution in [0.1, 0.15) is 55.8 Å². The molecule has 6 heteroatoms. The van der Waals surface area contributed by atoms with Crippen LogP contribution in [0, 0.1) is 5.41 Å². The highest BCUT2D eigenvalue weighted by Gasteiger charge is 2.39. The number of carbonyl (C=O) groups is 2. The summed E-state index contributed by atoms with van der Waals surface area (Å²) in [7, 11) is 0. The predicted molar refractivity (Wildman–Crippen MR) is 97.0 cm³/mol. The highest BCUT2D eigenvalue weighted by atomic mass is 16.4. The number of nitrogens with zero attached hydrogens (tertiary/aromatic N) is 2. The average Bonchev–Trinajstić information content (AvgIpc) is 3.07. The summed E-state index contributed by atoms with van der Waals surface area (Å²) in [6.07, 6.45) is 5.11. The molecule has 0 unspecified atom stereocenters. The van der Waals surface area contributed by atoms with Crippen LogP contribution in [-0.4, -0.2) is 35.8 Å². The zero-order chi connectivity index (χ0) is 17.9. The summed E-state index contributed by atoms with van der Waals surface area (Å²) < 4.78 is 0. The number of hydrazone groups is 1. The summed E-state index contributed by atoms with van der Waals surface area (Å²) in [5.41, 5.74) is 1.80. The molecule has 0 spiro atoms. The molecule has 25 heavy (non-hydrogen) atoms. The minimum Gasteiger partial charge on any atom is -0.481 e. The predicted octanol–water partition coefficient (Wildman–Crippen LogP) is 3.04. The first-order valence-corrected chi connectivity index (χ1v) is 8.93. The molecule has 1 aliphatic heterocycles. The first-order chi connectivity index (χ1) is 12.0. The average molecular weight is 343 g/mol. The Morgan fingerprint density at radius 1 is 1.20 bits per heavy atom. The fourth-order valence-corrected chi connectivity index (χ4v) is 3.59. The van der Waals surface area contributed by atoms with Crippen LogP contribution in [0.2, 0.25) is 0 Å². The molecule has 1 aromatic carbocycles. The summed E-state index contributed by atoms with van der Waals surface area (Å²) in [5, 5.41) is 18.8. The number of aliphatic carboxylic acids is 1. The van der Waals surface area contributed by atoms with Crippen LogP contribution in [0.3, 0.4) is 0 Å². The maximum absolute atomic E-state index is 12.4.